The molecule has 0 aromatic heterocycles. The fourth-order valence-electron chi connectivity index (χ4n) is 11.5. The van der Waals surface area contributed by atoms with Crippen molar-refractivity contribution in [3.05, 3.63) is 60.8 Å². The van der Waals surface area contributed by atoms with Crippen molar-refractivity contribution in [2.45, 2.75) is 391 Å². The molecule has 1 aliphatic heterocycles. The quantitative estimate of drug-likeness (QED) is 0.0261. The van der Waals surface area contributed by atoms with Gasteiger partial charge in [-0.1, -0.05) is 344 Å². The van der Waals surface area contributed by atoms with Crippen molar-refractivity contribution in [1.29, 1.82) is 0 Å². The van der Waals surface area contributed by atoms with Crippen LogP contribution >= 0.6 is 0 Å². The number of unbranched alkanes of at least 4 members (excludes halogenated alkanes) is 45. The van der Waals surface area contributed by atoms with Crippen LogP contribution in [0.15, 0.2) is 60.8 Å². The fraction of sp³-hybridized carbons (Fsp3) is 0.851. The Morgan fingerprint density at radius 3 is 1.11 bits per heavy atom. The second-order valence-electron chi connectivity index (χ2n) is 25.0. The van der Waals surface area contributed by atoms with Crippen LogP contribution in [0.2, 0.25) is 0 Å². The van der Waals surface area contributed by atoms with Gasteiger partial charge in [0.2, 0.25) is 5.91 Å². The zero-order valence-corrected chi connectivity index (χ0v) is 54.5. The van der Waals surface area contributed by atoms with E-state index in [0.29, 0.717) is 6.42 Å². The lowest BCUT2D eigenvalue weighted by Crippen LogP contribution is -2.60. The number of nitrogens with one attached hydrogen (secondary N) is 1. The average Bonchev–Trinajstić information content (AvgIpc) is 3.60. The number of carbonyl (C=O) groups excluding carboxylic acids is 1. The molecule has 0 aromatic carbocycles. The minimum absolute atomic E-state index is 0.170. The summed E-state index contributed by atoms with van der Waals surface area (Å²) in [6, 6.07) is -0.806. The number of allylic oxidation sites excluding steroid dienone is 9. The van der Waals surface area contributed by atoms with Crippen molar-refractivity contribution < 1.29 is 39.8 Å². The molecule has 9 nitrogen and oxygen atoms in total. The van der Waals surface area contributed by atoms with Gasteiger partial charge in [0.1, 0.15) is 24.4 Å². The van der Waals surface area contributed by atoms with Crippen molar-refractivity contribution in [2.75, 3.05) is 13.2 Å². The predicted molar refractivity (Wildman–Crippen MR) is 355 cm³/mol. The lowest BCUT2D eigenvalue weighted by molar-refractivity contribution is -0.302. The smallest absolute Gasteiger partial charge is 0.220 e. The van der Waals surface area contributed by atoms with E-state index < -0.39 is 49.5 Å². The molecule has 9 heteroatoms. The second-order valence-corrected chi connectivity index (χ2v) is 25.0. The van der Waals surface area contributed by atoms with E-state index in [9.17, 15) is 30.3 Å². The molecule has 0 aromatic rings. The van der Waals surface area contributed by atoms with Crippen LogP contribution in [-0.2, 0) is 14.3 Å². The fourth-order valence-corrected chi connectivity index (χ4v) is 11.5. The van der Waals surface area contributed by atoms with Crippen LogP contribution in [0.4, 0.5) is 0 Å². The van der Waals surface area contributed by atoms with E-state index in [-0.39, 0.29) is 12.5 Å². The number of ether oxygens (including phenoxy) is 2. The normalized spacial score (nSPS) is 18.6. The number of aliphatic hydroxyl groups excluding tert-OH is 5. The number of hydrogen-bond donors (Lipinski definition) is 6. The summed E-state index contributed by atoms with van der Waals surface area (Å²) >= 11 is 0. The largest absolute Gasteiger partial charge is 0.394 e. The summed E-state index contributed by atoms with van der Waals surface area (Å²) in [5.41, 5.74) is 0. The zero-order valence-electron chi connectivity index (χ0n) is 54.5. The first-order valence-corrected chi connectivity index (χ1v) is 36.0. The van der Waals surface area contributed by atoms with Crippen LogP contribution in [0.5, 0.6) is 0 Å². The van der Waals surface area contributed by atoms with E-state index in [1.807, 2.05) is 6.08 Å². The first-order chi connectivity index (χ1) is 40.8. The van der Waals surface area contributed by atoms with Crippen molar-refractivity contribution in [3.8, 4) is 0 Å². The Kier molecular flexibility index (Phi) is 59.8. The molecule has 1 heterocycles. The standard InChI is InChI=1S/C74H137NO8/c1-3-5-7-9-11-13-15-17-19-21-23-25-27-28-29-30-31-32-33-34-35-36-37-38-39-40-42-44-46-48-50-52-54-56-58-60-62-64-70(78)75-67(66-82-74-73(81)72(80)71(79)69(65-76)83-74)68(77)63-61-59-57-55-53-51-49-47-45-43-41-26-24-22-20-18-16-14-12-10-8-6-4-2/h5,7,11,13,17,19,23,25,61,63,67-69,71-74,76-77,79-81H,3-4,6,8-10,12,14-16,18,20-22,24,26-60,62,64-66H2,1-2H3,(H,75,78)/b7-5-,13-11-,19-17-,25-23-,63-61+. The Hall–Kier alpha value is -2.11. The van der Waals surface area contributed by atoms with Crippen molar-refractivity contribution in [2.24, 2.45) is 0 Å². The first-order valence-electron chi connectivity index (χ1n) is 36.0. The van der Waals surface area contributed by atoms with Crippen molar-refractivity contribution in [3.63, 3.8) is 0 Å². The Morgan fingerprint density at radius 1 is 0.422 bits per heavy atom. The Labute approximate surface area is 513 Å². The molecule has 6 N–H and O–H groups in total. The predicted octanol–water partition coefficient (Wildman–Crippen LogP) is 19.8. The van der Waals surface area contributed by atoms with Gasteiger partial charge in [0.15, 0.2) is 6.29 Å². The molecule has 0 bridgehead atoms. The van der Waals surface area contributed by atoms with E-state index >= 15 is 0 Å². The summed E-state index contributed by atoms with van der Waals surface area (Å²) in [5, 5.41) is 54.8. The molecule has 7 unspecified atom stereocenters. The van der Waals surface area contributed by atoms with Crippen LogP contribution in [0.1, 0.15) is 348 Å². The molecule has 1 saturated heterocycles. The maximum absolute atomic E-state index is 13.1. The number of amides is 1. The zero-order chi connectivity index (χ0) is 60.0. The summed E-state index contributed by atoms with van der Waals surface area (Å²) in [6.07, 6.45) is 80.5. The van der Waals surface area contributed by atoms with Crippen LogP contribution in [0.25, 0.3) is 0 Å². The highest BCUT2D eigenvalue weighted by Crippen LogP contribution is 2.23. The number of aliphatic hydroxyl groups is 5. The highest BCUT2D eigenvalue weighted by atomic mass is 16.7. The van der Waals surface area contributed by atoms with Crippen LogP contribution in [-0.4, -0.2) is 87.5 Å². The van der Waals surface area contributed by atoms with E-state index in [1.54, 1.807) is 6.08 Å². The van der Waals surface area contributed by atoms with E-state index in [1.165, 1.54) is 263 Å². The van der Waals surface area contributed by atoms with Gasteiger partial charge in [-0.3, -0.25) is 4.79 Å². The third-order valence-corrected chi connectivity index (χ3v) is 17.1. The molecule has 7 atom stereocenters. The maximum Gasteiger partial charge on any atom is 0.220 e. The van der Waals surface area contributed by atoms with Crippen LogP contribution < -0.4 is 5.32 Å². The minimum atomic E-state index is -1.57. The van der Waals surface area contributed by atoms with Gasteiger partial charge in [0, 0.05) is 6.42 Å². The summed E-state index contributed by atoms with van der Waals surface area (Å²) in [4.78, 5) is 13.1. The van der Waals surface area contributed by atoms with Gasteiger partial charge < -0.3 is 40.3 Å². The SMILES string of the molecule is CC/C=C\C/C=C\C/C=C\C/C=C\CCCCCCCCCCCCCCCCCCCCCCCCCCC(=O)NC(COC1OC(CO)C(O)C(O)C1O)C(O)/C=C/CCCCCCCCCCCCCCCCCCCCCCC. The molecular formula is C74H137NO8. The monoisotopic (exact) mass is 1170 g/mol. The molecule has 486 valence electrons. The van der Waals surface area contributed by atoms with Gasteiger partial charge in [-0.2, -0.15) is 0 Å². The van der Waals surface area contributed by atoms with Gasteiger partial charge in [0.25, 0.3) is 0 Å². The summed E-state index contributed by atoms with van der Waals surface area (Å²) in [6.45, 7) is 3.71. The van der Waals surface area contributed by atoms with Crippen LogP contribution in [0.3, 0.4) is 0 Å². The van der Waals surface area contributed by atoms with Crippen molar-refractivity contribution in [1.82, 2.24) is 5.32 Å². The molecule has 83 heavy (non-hydrogen) atoms. The molecule has 1 amide bonds. The van der Waals surface area contributed by atoms with E-state index in [4.69, 9.17) is 9.47 Å². The third kappa shape index (κ3) is 51.6. The highest BCUT2D eigenvalue weighted by molar-refractivity contribution is 5.76. The second kappa shape index (κ2) is 62.9. The van der Waals surface area contributed by atoms with E-state index in [2.05, 4.69) is 67.8 Å². The Balaban J connectivity index is 2.08. The van der Waals surface area contributed by atoms with Gasteiger partial charge in [0.05, 0.1) is 25.4 Å². The molecule has 0 aliphatic carbocycles. The molecule has 1 aliphatic rings. The molecule has 1 fully saturated rings. The average molecular weight is 1170 g/mol. The maximum atomic E-state index is 13.1. The lowest BCUT2D eigenvalue weighted by Gasteiger charge is -2.40. The summed E-state index contributed by atoms with van der Waals surface area (Å²) in [7, 11) is 0. The lowest BCUT2D eigenvalue weighted by atomic mass is 9.99. The van der Waals surface area contributed by atoms with Gasteiger partial charge in [-0.15, -0.1) is 0 Å². The number of carbonyl (C=O) groups is 1. The molecule has 0 spiro atoms. The molecule has 0 saturated carbocycles. The Morgan fingerprint density at radius 2 is 0.747 bits per heavy atom. The molecular weight excluding hydrogens is 1030 g/mol. The van der Waals surface area contributed by atoms with Gasteiger partial charge in [-0.25, -0.2) is 0 Å². The third-order valence-electron chi connectivity index (χ3n) is 17.1. The summed E-state index contributed by atoms with van der Waals surface area (Å²) in [5.74, 6) is -0.170. The van der Waals surface area contributed by atoms with Crippen LogP contribution in [0, 0.1) is 0 Å². The van der Waals surface area contributed by atoms with Crippen molar-refractivity contribution >= 4 is 5.91 Å². The number of hydrogen-bond acceptors (Lipinski definition) is 8. The van der Waals surface area contributed by atoms with E-state index in [0.717, 1.165) is 64.2 Å². The van der Waals surface area contributed by atoms with Gasteiger partial charge in [-0.05, 0) is 57.8 Å². The van der Waals surface area contributed by atoms with Gasteiger partial charge >= 0.3 is 0 Å². The highest BCUT2D eigenvalue weighted by Gasteiger charge is 2.44. The summed E-state index contributed by atoms with van der Waals surface area (Å²) < 4.78 is 11.3. The number of rotatable bonds is 63. The topological polar surface area (TPSA) is 149 Å². The first kappa shape index (κ1) is 78.9. The minimum Gasteiger partial charge on any atom is -0.394 e. The molecule has 0 radical (unpaired) electrons. The molecule has 1 rings (SSSR count). The Bertz CT molecular complexity index is 1500.